The molecule has 0 unspecified atom stereocenters. The van der Waals surface area contributed by atoms with E-state index in [1.807, 2.05) is 0 Å². The fourth-order valence-electron chi connectivity index (χ4n) is 1.08. The minimum absolute atomic E-state index is 0.0265. The lowest BCUT2D eigenvalue weighted by molar-refractivity contribution is -0.138. The molecule has 0 radical (unpaired) electrons. The van der Waals surface area contributed by atoms with E-state index >= 15 is 0 Å². The van der Waals surface area contributed by atoms with Crippen LogP contribution >= 0.6 is 11.6 Å². The van der Waals surface area contributed by atoms with Gasteiger partial charge in [0, 0.05) is 11.6 Å². The Morgan fingerprint density at radius 2 is 2.00 bits per heavy atom. The van der Waals surface area contributed by atoms with Gasteiger partial charge in [-0.05, 0) is 17.7 Å². The van der Waals surface area contributed by atoms with Gasteiger partial charge in [0.2, 0.25) is 0 Å². The Morgan fingerprint density at radius 1 is 1.36 bits per heavy atom. The van der Waals surface area contributed by atoms with Crippen molar-refractivity contribution in [1.29, 1.82) is 0 Å². The lowest BCUT2D eigenvalue weighted by atomic mass is 10.1. The maximum absolute atomic E-state index is 12.4. The number of alkyl halides is 3. The molecule has 0 spiro atoms. The van der Waals surface area contributed by atoms with Crippen molar-refractivity contribution in [2.45, 2.75) is 12.7 Å². The Bertz CT molecular complexity index is 327. The van der Waals surface area contributed by atoms with E-state index in [0.29, 0.717) is 0 Å². The average Bonchev–Trinajstić information content (AvgIpc) is 2.07. The fourth-order valence-corrected chi connectivity index (χ4v) is 1.32. The van der Waals surface area contributed by atoms with Gasteiger partial charge in [-0.15, -0.1) is 0 Å². The van der Waals surface area contributed by atoms with Gasteiger partial charge in [-0.25, -0.2) is 5.48 Å². The second-order valence-corrected chi connectivity index (χ2v) is 3.01. The highest BCUT2D eigenvalue weighted by atomic mass is 35.5. The van der Waals surface area contributed by atoms with Gasteiger partial charge in [-0.1, -0.05) is 17.7 Å². The molecule has 0 aliphatic rings. The third-order valence-corrected chi connectivity index (χ3v) is 2.03. The van der Waals surface area contributed by atoms with Crippen LogP contribution in [0.15, 0.2) is 18.2 Å². The molecule has 0 bridgehead atoms. The highest BCUT2D eigenvalue weighted by Gasteiger charge is 2.33. The lowest BCUT2D eigenvalue weighted by Gasteiger charge is -2.13. The number of halogens is 4. The van der Waals surface area contributed by atoms with Crippen molar-refractivity contribution >= 4 is 11.6 Å². The zero-order chi connectivity index (χ0) is 10.8. The summed E-state index contributed by atoms with van der Waals surface area (Å²) < 4.78 is 37.2. The monoisotopic (exact) mass is 225 g/mol. The number of hydrogen-bond acceptors (Lipinski definition) is 2. The molecule has 0 fully saturated rings. The zero-order valence-electron chi connectivity index (χ0n) is 6.90. The summed E-state index contributed by atoms with van der Waals surface area (Å²) in [5, 5.41) is 8.33. The number of benzene rings is 1. The Balaban J connectivity index is 3.21. The SMILES string of the molecule is ONCc1c(Cl)cccc1C(F)(F)F. The van der Waals surface area contributed by atoms with E-state index in [1.54, 1.807) is 5.48 Å². The third kappa shape index (κ3) is 2.37. The van der Waals surface area contributed by atoms with Crippen LogP contribution in [0.5, 0.6) is 0 Å². The molecule has 1 aromatic carbocycles. The molecule has 0 atom stereocenters. The van der Waals surface area contributed by atoms with E-state index in [4.69, 9.17) is 16.8 Å². The van der Waals surface area contributed by atoms with Gasteiger partial charge in [-0.3, -0.25) is 0 Å². The largest absolute Gasteiger partial charge is 0.416 e. The average molecular weight is 226 g/mol. The van der Waals surface area contributed by atoms with E-state index in [1.165, 1.54) is 12.1 Å². The van der Waals surface area contributed by atoms with Gasteiger partial charge in [0.05, 0.1) is 5.56 Å². The molecule has 0 aliphatic carbocycles. The first-order chi connectivity index (χ1) is 6.46. The molecule has 0 heterocycles. The number of rotatable bonds is 2. The predicted molar refractivity (Wildman–Crippen MR) is 45.1 cm³/mol. The quantitative estimate of drug-likeness (QED) is 0.759. The standard InChI is InChI=1S/C8H7ClF3NO/c9-7-3-1-2-6(8(10,11)12)5(7)4-13-14/h1-3,13-14H,4H2. The first kappa shape index (κ1) is 11.3. The van der Waals surface area contributed by atoms with Crippen molar-refractivity contribution in [3.63, 3.8) is 0 Å². The van der Waals surface area contributed by atoms with Crippen LogP contribution in [-0.4, -0.2) is 5.21 Å². The summed E-state index contributed by atoms with van der Waals surface area (Å²) in [6.07, 6.45) is -4.46. The molecule has 0 saturated carbocycles. The van der Waals surface area contributed by atoms with Crippen molar-refractivity contribution < 1.29 is 18.4 Å². The van der Waals surface area contributed by atoms with Crippen LogP contribution in [0, 0.1) is 0 Å². The Morgan fingerprint density at radius 3 is 2.50 bits per heavy atom. The molecule has 2 N–H and O–H groups in total. The molecular weight excluding hydrogens is 219 g/mol. The zero-order valence-corrected chi connectivity index (χ0v) is 7.65. The minimum atomic E-state index is -4.46. The molecule has 6 heteroatoms. The summed E-state index contributed by atoms with van der Waals surface area (Å²) in [5.74, 6) is 0. The van der Waals surface area contributed by atoms with Crippen LogP contribution in [0.25, 0.3) is 0 Å². The van der Waals surface area contributed by atoms with Crippen LogP contribution in [0.4, 0.5) is 13.2 Å². The molecule has 0 amide bonds. The van der Waals surface area contributed by atoms with Crippen LogP contribution in [0.2, 0.25) is 5.02 Å². The Labute approximate surface area is 83.3 Å². The molecule has 0 aliphatic heterocycles. The van der Waals surface area contributed by atoms with Gasteiger partial charge in [0.1, 0.15) is 0 Å². The van der Waals surface area contributed by atoms with E-state index in [2.05, 4.69) is 0 Å². The summed E-state index contributed by atoms with van der Waals surface area (Å²) in [6, 6.07) is 3.47. The minimum Gasteiger partial charge on any atom is -0.316 e. The summed E-state index contributed by atoms with van der Waals surface area (Å²) in [7, 11) is 0. The molecule has 0 aromatic heterocycles. The van der Waals surface area contributed by atoms with Crippen molar-refractivity contribution in [2.75, 3.05) is 0 Å². The number of hydroxylamine groups is 1. The van der Waals surface area contributed by atoms with Crippen molar-refractivity contribution in [1.82, 2.24) is 5.48 Å². The topological polar surface area (TPSA) is 32.3 Å². The molecule has 1 aromatic rings. The summed E-state index contributed by atoms with van der Waals surface area (Å²) in [5.41, 5.74) is 0.649. The first-order valence-electron chi connectivity index (χ1n) is 3.68. The molecule has 0 saturated heterocycles. The smallest absolute Gasteiger partial charge is 0.316 e. The van der Waals surface area contributed by atoms with Crippen molar-refractivity contribution in [2.24, 2.45) is 0 Å². The van der Waals surface area contributed by atoms with Crippen LogP contribution in [0.1, 0.15) is 11.1 Å². The van der Waals surface area contributed by atoms with Gasteiger partial charge < -0.3 is 5.21 Å². The normalized spacial score (nSPS) is 11.8. The fraction of sp³-hybridized carbons (Fsp3) is 0.250. The number of hydrogen-bond donors (Lipinski definition) is 2. The highest BCUT2D eigenvalue weighted by Crippen LogP contribution is 2.34. The summed E-state index contributed by atoms with van der Waals surface area (Å²) >= 11 is 5.56. The van der Waals surface area contributed by atoms with Gasteiger partial charge in [-0.2, -0.15) is 13.2 Å². The maximum Gasteiger partial charge on any atom is 0.416 e. The molecule has 1 rings (SSSR count). The van der Waals surface area contributed by atoms with Crippen molar-refractivity contribution in [3.8, 4) is 0 Å². The van der Waals surface area contributed by atoms with Crippen LogP contribution < -0.4 is 5.48 Å². The molecule has 2 nitrogen and oxygen atoms in total. The predicted octanol–water partition coefficient (Wildman–Crippen LogP) is 2.84. The summed E-state index contributed by atoms with van der Waals surface area (Å²) in [4.78, 5) is 0. The second-order valence-electron chi connectivity index (χ2n) is 2.60. The van der Waals surface area contributed by atoms with E-state index in [0.717, 1.165) is 6.07 Å². The first-order valence-corrected chi connectivity index (χ1v) is 4.06. The van der Waals surface area contributed by atoms with E-state index in [-0.39, 0.29) is 17.1 Å². The Hall–Kier alpha value is -0.780. The second kappa shape index (κ2) is 4.16. The van der Waals surface area contributed by atoms with E-state index in [9.17, 15) is 13.2 Å². The van der Waals surface area contributed by atoms with Gasteiger partial charge in [0.25, 0.3) is 0 Å². The highest BCUT2D eigenvalue weighted by molar-refractivity contribution is 6.31. The number of nitrogens with one attached hydrogen (secondary N) is 1. The summed E-state index contributed by atoms with van der Waals surface area (Å²) in [6.45, 7) is -0.339. The van der Waals surface area contributed by atoms with E-state index < -0.39 is 11.7 Å². The van der Waals surface area contributed by atoms with Crippen LogP contribution in [-0.2, 0) is 12.7 Å². The molecule has 78 valence electrons. The Kier molecular flexibility index (Phi) is 3.36. The molecule has 14 heavy (non-hydrogen) atoms. The van der Waals surface area contributed by atoms with Gasteiger partial charge >= 0.3 is 6.18 Å². The van der Waals surface area contributed by atoms with Crippen molar-refractivity contribution in [3.05, 3.63) is 34.3 Å². The third-order valence-electron chi connectivity index (χ3n) is 1.68. The lowest BCUT2D eigenvalue weighted by Crippen LogP contribution is -2.15. The van der Waals surface area contributed by atoms with Crippen LogP contribution in [0.3, 0.4) is 0 Å². The van der Waals surface area contributed by atoms with Gasteiger partial charge in [0.15, 0.2) is 0 Å². The maximum atomic E-state index is 12.4. The molecular formula is C8H7ClF3NO.